The standard InChI is InChI=1S/C15H13N5S2/c1-8-7-21-13-6-18-12(4-11(8)13)9(2)22-15-19-10(5-16)3-14(17)20-15/h3-4,6-7,9H,1-2H3,(H2,17,19,20). The van der Waals surface area contributed by atoms with Crippen molar-refractivity contribution in [3.63, 3.8) is 0 Å². The number of rotatable bonds is 3. The van der Waals surface area contributed by atoms with Gasteiger partial charge in [-0.3, -0.25) is 4.98 Å². The van der Waals surface area contributed by atoms with Gasteiger partial charge in [0.15, 0.2) is 5.16 Å². The van der Waals surface area contributed by atoms with Gasteiger partial charge in [0.05, 0.1) is 15.6 Å². The fourth-order valence-electron chi connectivity index (χ4n) is 2.07. The molecule has 22 heavy (non-hydrogen) atoms. The van der Waals surface area contributed by atoms with Crippen molar-refractivity contribution in [2.45, 2.75) is 24.3 Å². The number of nitrogens with zero attached hydrogens (tertiary/aromatic N) is 4. The fraction of sp³-hybridized carbons (Fsp3) is 0.200. The predicted molar refractivity (Wildman–Crippen MR) is 89.8 cm³/mol. The van der Waals surface area contributed by atoms with Crippen LogP contribution in [0.4, 0.5) is 5.82 Å². The Labute approximate surface area is 136 Å². The molecule has 0 saturated heterocycles. The molecule has 0 fully saturated rings. The van der Waals surface area contributed by atoms with Crippen molar-refractivity contribution >= 4 is 39.0 Å². The maximum Gasteiger partial charge on any atom is 0.191 e. The Morgan fingerprint density at radius 1 is 1.36 bits per heavy atom. The van der Waals surface area contributed by atoms with Crippen LogP contribution < -0.4 is 5.73 Å². The average molecular weight is 327 g/mol. The van der Waals surface area contributed by atoms with Crippen LogP contribution in [0, 0.1) is 18.3 Å². The molecule has 2 N–H and O–H groups in total. The molecule has 0 saturated carbocycles. The summed E-state index contributed by atoms with van der Waals surface area (Å²) in [5.41, 5.74) is 8.20. The summed E-state index contributed by atoms with van der Waals surface area (Å²) in [6, 6.07) is 5.56. The van der Waals surface area contributed by atoms with Gasteiger partial charge in [-0.25, -0.2) is 9.97 Å². The number of hydrogen-bond donors (Lipinski definition) is 1. The van der Waals surface area contributed by atoms with Crippen molar-refractivity contribution < 1.29 is 0 Å². The topological polar surface area (TPSA) is 88.5 Å². The van der Waals surface area contributed by atoms with Gasteiger partial charge in [-0.1, -0.05) is 11.8 Å². The number of aryl methyl sites for hydroxylation is 1. The quantitative estimate of drug-likeness (QED) is 0.583. The van der Waals surface area contributed by atoms with E-state index in [4.69, 9.17) is 11.0 Å². The molecule has 1 unspecified atom stereocenters. The van der Waals surface area contributed by atoms with Crippen LogP contribution in [0.5, 0.6) is 0 Å². The third kappa shape index (κ3) is 2.89. The number of pyridine rings is 1. The van der Waals surface area contributed by atoms with Crippen LogP contribution in [0.1, 0.15) is 29.1 Å². The summed E-state index contributed by atoms with van der Waals surface area (Å²) in [7, 11) is 0. The third-order valence-corrected chi connectivity index (χ3v) is 5.25. The van der Waals surface area contributed by atoms with Crippen LogP contribution in [0.25, 0.3) is 10.1 Å². The highest BCUT2D eigenvalue weighted by Crippen LogP contribution is 2.34. The Morgan fingerprint density at radius 3 is 2.95 bits per heavy atom. The normalized spacial score (nSPS) is 12.2. The van der Waals surface area contributed by atoms with Crippen molar-refractivity contribution in [1.82, 2.24) is 15.0 Å². The molecule has 0 aliphatic rings. The fourth-order valence-corrected chi connectivity index (χ4v) is 3.84. The van der Waals surface area contributed by atoms with E-state index in [1.54, 1.807) is 11.3 Å². The Bertz CT molecular complexity index is 881. The second kappa shape index (κ2) is 5.91. The lowest BCUT2D eigenvalue weighted by molar-refractivity contribution is 0.937. The van der Waals surface area contributed by atoms with Gasteiger partial charge in [-0.2, -0.15) is 5.26 Å². The zero-order valence-corrected chi connectivity index (χ0v) is 13.7. The van der Waals surface area contributed by atoms with E-state index in [-0.39, 0.29) is 10.9 Å². The summed E-state index contributed by atoms with van der Waals surface area (Å²) in [4.78, 5) is 12.9. The molecule has 1 atom stereocenters. The molecule has 7 heteroatoms. The zero-order valence-electron chi connectivity index (χ0n) is 12.1. The number of thioether (sulfide) groups is 1. The molecule has 0 bridgehead atoms. The van der Waals surface area contributed by atoms with Crippen LogP contribution in [-0.2, 0) is 0 Å². The molecule has 5 nitrogen and oxygen atoms in total. The van der Waals surface area contributed by atoms with Gasteiger partial charge in [0.25, 0.3) is 0 Å². The lowest BCUT2D eigenvalue weighted by Gasteiger charge is -2.10. The van der Waals surface area contributed by atoms with Crippen molar-refractivity contribution in [2.24, 2.45) is 0 Å². The van der Waals surface area contributed by atoms with Gasteiger partial charge >= 0.3 is 0 Å². The zero-order chi connectivity index (χ0) is 15.7. The van der Waals surface area contributed by atoms with E-state index >= 15 is 0 Å². The summed E-state index contributed by atoms with van der Waals surface area (Å²) in [6.07, 6.45) is 1.90. The Morgan fingerprint density at radius 2 is 2.18 bits per heavy atom. The highest BCUT2D eigenvalue weighted by Gasteiger charge is 2.14. The van der Waals surface area contributed by atoms with E-state index in [1.807, 2.05) is 19.2 Å². The summed E-state index contributed by atoms with van der Waals surface area (Å²) >= 11 is 3.14. The maximum atomic E-state index is 8.95. The van der Waals surface area contributed by atoms with E-state index in [1.165, 1.54) is 33.5 Å². The molecule has 110 valence electrons. The molecular weight excluding hydrogens is 314 g/mol. The molecule has 3 rings (SSSR count). The van der Waals surface area contributed by atoms with Gasteiger partial charge in [-0.15, -0.1) is 11.3 Å². The van der Waals surface area contributed by atoms with Gasteiger partial charge in [0, 0.05) is 12.3 Å². The number of nitriles is 1. The van der Waals surface area contributed by atoms with E-state index in [2.05, 4.69) is 33.3 Å². The summed E-state index contributed by atoms with van der Waals surface area (Å²) in [5, 5.41) is 12.9. The van der Waals surface area contributed by atoms with E-state index in [0.29, 0.717) is 11.0 Å². The van der Waals surface area contributed by atoms with Crippen molar-refractivity contribution in [1.29, 1.82) is 5.26 Å². The number of fused-ring (bicyclic) bond motifs is 1. The molecule has 0 aliphatic heterocycles. The molecule has 0 aromatic carbocycles. The van der Waals surface area contributed by atoms with Crippen molar-refractivity contribution in [3.8, 4) is 6.07 Å². The first-order chi connectivity index (χ1) is 10.6. The summed E-state index contributed by atoms with van der Waals surface area (Å²) in [6.45, 7) is 4.14. The largest absolute Gasteiger partial charge is 0.384 e. The smallest absolute Gasteiger partial charge is 0.191 e. The molecule has 0 aliphatic carbocycles. The van der Waals surface area contributed by atoms with Crippen LogP contribution >= 0.6 is 23.1 Å². The lowest BCUT2D eigenvalue weighted by Crippen LogP contribution is -1.99. The first-order valence-corrected chi connectivity index (χ1v) is 8.38. The van der Waals surface area contributed by atoms with E-state index in [0.717, 1.165) is 5.69 Å². The number of hydrogen-bond acceptors (Lipinski definition) is 7. The highest BCUT2D eigenvalue weighted by molar-refractivity contribution is 7.99. The number of nitrogen functional groups attached to an aromatic ring is 1. The van der Waals surface area contributed by atoms with E-state index in [9.17, 15) is 0 Å². The second-order valence-electron chi connectivity index (χ2n) is 4.86. The lowest BCUT2D eigenvalue weighted by atomic mass is 10.2. The highest BCUT2D eigenvalue weighted by atomic mass is 32.2. The van der Waals surface area contributed by atoms with Gasteiger partial charge in [0.1, 0.15) is 17.6 Å². The van der Waals surface area contributed by atoms with Crippen molar-refractivity contribution in [2.75, 3.05) is 5.73 Å². The van der Waals surface area contributed by atoms with Gasteiger partial charge in [-0.05, 0) is 36.2 Å². The van der Waals surface area contributed by atoms with E-state index < -0.39 is 0 Å². The SMILES string of the molecule is Cc1csc2cnc(C(C)Sc3nc(N)cc(C#N)n3)cc12. The van der Waals surface area contributed by atoms with Crippen LogP contribution in [0.15, 0.2) is 28.9 Å². The first kappa shape index (κ1) is 14.8. The first-order valence-electron chi connectivity index (χ1n) is 6.62. The molecule has 3 aromatic rings. The number of aromatic nitrogens is 3. The van der Waals surface area contributed by atoms with Gasteiger partial charge in [0.2, 0.25) is 0 Å². The minimum atomic E-state index is 0.0667. The number of nitrogens with two attached hydrogens (primary N) is 1. The predicted octanol–water partition coefficient (Wildman–Crippen LogP) is 3.70. The molecular formula is C15H13N5S2. The summed E-state index contributed by atoms with van der Waals surface area (Å²) in [5.74, 6) is 0.304. The average Bonchev–Trinajstić information content (AvgIpc) is 2.87. The Hall–Kier alpha value is -2.17. The maximum absolute atomic E-state index is 8.95. The minimum Gasteiger partial charge on any atom is -0.384 e. The van der Waals surface area contributed by atoms with Crippen molar-refractivity contribution in [3.05, 3.63) is 40.7 Å². The Kier molecular flexibility index (Phi) is 3.96. The van der Waals surface area contributed by atoms with Crippen LogP contribution in [0.3, 0.4) is 0 Å². The van der Waals surface area contributed by atoms with Crippen LogP contribution in [-0.4, -0.2) is 15.0 Å². The third-order valence-electron chi connectivity index (χ3n) is 3.21. The molecule has 3 aromatic heterocycles. The minimum absolute atomic E-state index is 0.0667. The van der Waals surface area contributed by atoms with Crippen LogP contribution in [0.2, 0.25) is 0 Å². The molecule has 0 spiro atoms. The molecule has 0 amide bonds. The number of thiophene rings is 1. The summed E-state index contributed by atoms with van der Waals surface area (Å²) < 4.78 is 1.19. The second-order valence-corrected chi connectivity index (χ2v) is 7.08. The molecule has 3 heterocycles. The monoisotopic (exact) mass is 327 g/mol. The Balaban J connectivity index is 1.89. The number of anilines is 1. The van der Waals surface area contributed by atoms with Gasteiger partial charge < -0.3 is 5.73 Å². The molecule has 0 radical (unpaired) electrons.